The molecule has 0 aliphatic heterocycles. The Labute approximate surface area is 156 Å². The number of aliphatic hydroxyl groups is 1. The molecule has 0 heterocycles. The van der Waals surface area contributed by atoms with Gasteiger partial charge in [0.25, 0.3) is 0 Å². The number of nitrogens with one attached hydrogen (secondary N) is 2. The van der Waals surface area contributed by atoms with Gasteiger partial charge >= 0.3 is 0 Å². The summed E-state index contributed by atoms with van der Waals surface area (Å²) in [6.45, 7) is 8.82. The summed E-state index contributed by atoms with van der Waals surface area (Å²) in [7, 11) is 3.40. The lowest BCUT2D eigenvalue weighted by Crippen LogP contribution is -2.48. The van der Waals surface area contributed by atoms with Gasteiger partial charge in [-0.25, -0.2) is 0 Å². The maximum absolute atomic E-state index is 12.1. The van der Waals surface area contributed by atoms with Crippen molar-refractivity contribution in [2.45, 2.75) is 39.3 Å². The molecule has 0 spiro atoms. The van der Waals surface area contributed by atoms with E-state index in [4.69, 9.17) is 4.74 Å². The van der Waals surface area contributed by atoms with Crippen molar-refractivity contribution < 1.29 is 14.6 Å². The summed E-state index contributed by atoms with van der Waals surface area (Å²) in [4.78, 5) is 18.3. The Kier molecular flexibility index (Phi) is 8.38. The van der Waals surface area contributed by atoms with E-state index in [9.17, 15) is 9.90 Å². The van der Waals surface area contributed by atoms with Gasteiger partial charge < -0.3 is 25.4 Å². The van der Waals surface area contributed by atoms with Gasteiger partial charge in [0.2, 0.25) is 5.91 Å². The largest absolute Gasteiger partial charge is 0.497 e. The second kappa shape index (κ2) is 10.0. The van der Waals surface area contributed by atoms with Gasteiger partial charge in [-0.1, -0.05) is 12.1 Å². The molecule has 146 valence electrons. The molecular weight excluding hydrogens is 332 g/mol. The first-order valence-corrected chi connectivity index (χ1v) is 8.78. The molecule has 1 amide bonds. The Bertz CT molecular complexity index is 594. The smallest absolute Gasteiger partial charge is 0.240 e. The van der Waals surface area contributed by atoms with Crippen LogP contribution in [0, 0.1) is 0 Å². The first-order chi connectivity index (χ1) is 12.2. The number of rotatable bonds is 7. The van der Waals surface area contributed by atoms with Gasteiger partial charge in [0.05, 0.1) is 26.3 Å². The Morgan fingerprint density at radius 3 is 2.42 bits per heavy atom. The highest BCUT2D eigenvalue weighted by atomic mass is 16.5. The van der Waals surface area contributed by atoms with Crippen LogP contribution in [0.2, 0.25) is 0 Å². The number of aliphatic hydroxyl groups excluding tert-OH is 1. The molecule has 1 rings (SSSR count). The van der Waals surface area contributed by atoms with Gasteiger partial charge in [0.15, 0.2) is 5.96 Å². The van der Waals surface area contributed by atoms with Crippen LogP contribution >= 0.6 is 0 Å². The monoisotopic (exact) mass is 364 g/mol. The highest BCUT2D eigenvalue weighted by Crippen LogP contribution is 2.17. The van der Waals surface area contributed by atoms with Gasteiger partial charge in [0.1, 0.15) is 5.75 Å². The second-order valence-electron chi connectivity index (χ2n) is 7.14. The summed E-state index contributed by atoms with van der Waals surface area (Å²) in [5, 5.41) is 16.4. The van der Waals surface area contributed by atoms with Crippen LogP contribution in [0.3, 0.4) is 0 Å². The maximum atomic E-state index is 12.1. The van der Waals surface area contributed by atoms with Gasteiger partial charge in [-0.05, 0) is 45.4 Å². The van der Waals surface area contributed by atoms with E-state index in [-0.39, 0.29) is 24.5 Å². The molecule has 26 heavy (non-hydrogen) atoms. The van der Waals surface area contributed by atoms with Crippen molar-refractivity contribution in [1.82, 2.24) is 15.5 Å². The van der Waals surface area contributed by atoms with Crippen LogP contribution in [-0.2, 0) is 4.79 Å². The van der Waals surface area contributed by atoms with Crippen molar-refractivity contribution in [2.24, 2.45) is 4.99 Å². The number of ether oxygens (including phenoxy) is 1. The molecule has 1 atom stereocenters. The number of likely N-dealkylation sites (N-methyl/N-ethyl adjacent to an activating group) is 1. The summed E-state index contributed by atoms with van der Waals surface area (Å²) in [5.74, 6) is 1.23. The van der Waals surface area contributed by atoms with Crippen molar-refractivity contribution in [3.05, 3.63) is 29.8 Å². The van der Waals surface area contributed by atoms with E-state index in [0.29, 0.717) is 12.5 Å². The highest BCUT2D eigenvalue weighted by molar-refractivity contribution is 5.86. The van der Waals surface area contributed by atoms with Gasteiger partial charge in [0, 0.05) is 19.1 Å². The van der Waals surface area contributed by atoms with E-state index in [1.54, 1.807) is 31.2 Å². The lowest BCUT2D eigenvalue weighted by Gasteiger charge is -2.25. The molecule has 0 radical (unpaired) electrons. The molecule has 3 N–H and O–H groups in total. The molecule has 7 heteroatoms. The molecule has 0 fully saturated rings. The molecule has 0 aliphatic rings. The first kappa shape index (κ1) is 21.8. The van der Waals surface area contributed by atoms with E-state index < -0.39 is 6.10 Å². The fraction of sp³-hybridized carbons (Fsp3) is 0.579. The topological polar surface area (TPSA) is 86.2 Å². The summed E-state index contributed by atoms with van der Waals surface area (Å²) >= 11 is 0. The minimum absolute atomic E-state index is 0.0821. The number of benzene rings is 1. The van der Waals surface area contributed by atoms with Crippen LogP contribution in [0.1, 0.15) is 39.4 Å². The Morgan fingerprint density at radius 1 is 1.31 bits per heavy atom. The SMILES string of the molecule is CCNC(=NCC(O)c1ccc(OC)cc1)N(C)CC(=O)NC(C)(C)C. The van der Waals surface area contributed by atoms with E-state index in [2.05, 4.69) is 15.6 Å². The molecular formula is C19H32N4O3. The van der Waals surface area contributed by atoms with Gasteiger partial charge in [-0.15, -0.1) is 0 Å². The van der Waals surface area contributed by atoms with Crippen LogP contribution in [0.5, 0.6) is 5.75 Å². The third kappa shape index (κ3) is 7.74. The molecule has 7 nitrogen and oxygen atoms in total. The number of guanidine groups is 1. The van der Waals surface area contributed by atoms with Crippen LogP contribution in [-0.4, -0.2) is 61.2 Å². The van der Waals surface area contributed by atoms with Crippen molar-refractivity contribution in [2.75, 3.05) is 33.8 Å². The maximum Gasteiger partial charge on any atom is 0.240 e. The van der Waals surface area contributed by atoms with E-state index >= 15 is 0 Å². The van der Waals surface area contributed by atoms with Crippen LogP contribution in [0.4, 0.5) is 0 Å². The fourth-order valence-electron chi connectivity index (χ4n) is 2.32. The molecule has 1 unspecified atom stereocenters. The molecule has 1 aromatic carbocycles. The number of hydrogen-bond acceptors (Lipinski definition) is 4. The van der Waals surface area contributed by atoms with Gasteiger partial charge in [-0.3, -0.25) is 9.79 Å². The van der Waals surface area contributed by atoms with Crippen LogP contribution in [0.15, 0.2) is 29.3 Å². The highest BCUT2D eigenvalue weighted by Gasteiger charge is 2.17. The van der Waals surface area contributed by atoms with E-state index in [1.165, 1.54) is 0 Å². The van der Waals surface area contributed by atoms with Crippen molar-refractivity contribution in [3.63, 3.8) is 0 Å². The predicted octanol–water partition coefficient (Wildman–Crippen LogP) is 1.54. The summed E-state index contributed by atoms with van der Waals surface area (Å²) in [6, 6.07) is 7.23. The molecule has 0 saturated carbocycles. The first-order valence-electron chi connectivity index (χ1n) is 8.78. The minimum Gasteiger partial charge on any atom is -0.497 e. The number of carbonyl (C=O) groups is 1. The lowest BCUT2D eigenvalue weighted by molar-refractivity contribution is -0.122. The third-order valence-electron chi connectivity index (χ3n) is 3.51. The number of hydrogen-bond donors (Lipinski definition) is 3. The Balaban J connectivity index is 2.72. The number of carbonyl (C=O) groups excluding carboxylic acids is 1. The number of nitrogens with zero attached hydrogens (tertiary/aromatic N) is 2. The molecule has 0 aromatic heterocycles. The Morgan fingerprint density at radius 2 is 1.92 bits per heavy atom. The summed E-state index contributed by atoms with van der Waals surface area (Å²) in [6.07, 6.45) is -0.730. The average molecular weight is 364 g/mol. The summed E-state index contributed by atoms with van der Waals surface area (Å²) in [5.41, 5.74) is 0.483. The molecule has 0 saturated heterocycles. The van der Waals surface area contributed by atoms with Crippen LogP contribution in [0.25, 0.3) is 0 Å². The molecule has 0 bridgehead atoms. The van der Waals surface area contributed by atoms with E-state index in [0.717, 1.165) is 11.3 Å². The summed E-state index contributed by atoms with van der Waals surface area (Å²) < 4.78 is 5.12. The number of aliphatic imine (C=N–C) groups is 1. The number of amides is 1. The predicted molar refractivity (Wildman–Crippen MR) is 104 cm³/mol. The zero-order chi connectivity index (χ0) is 19.7. The normalized spacial score (nSPS) is 13.1. The standard InChI is InChI=1S/C19H32N4O3/c1-7-20-18(23(5)13-17(25)22-19(2,3)4)21-12-16(24)14-8-10-15(26-6)11-9-14/h8-11,16,24H,7,12-13H2,1-6H3,(H,20,21)(H,22,25). The van der Waals surface area contributed by atoms with Crippen molar-refractivity contribution in [1.29, 1.82) is 0 Å². The van der Waals surface area contributed by atoms with Crippen LogP contribution < -0.4 is 15.4 Å². The zero-order valence-electron chi connectivity index (χ0n) is 16.7. The zero-order valence-corrected chi connectivity index (χ0v) is 16.7. The molecule has 0 aliphatic carbocycles. The minimum atomic E-state index is -0.730. The number of methoxy groups -OCH3 is 1. The fourth-order valence-corrected chi connectivity index (χ4v) is 2.32. The third-order valence-corrected chi connectivity index (χ3v) is 3.51. The quantitative estimate of drug-likeness (QED) is 0.505. The van der Waals surface area contributed by atoms with Crippen molar-refractivity contribution in [3.8, 4) is 5.75 Å². The van der Waals surface area contributed by atoms with Gasteiger partial charge in [-0.2, -0.15) is 0 Å². The Hall–Kier alpha value is -2.28. The lowest BCUT2D eigenvalue weighted by atomic mass is 10.1. The average Bonchev–Trinajstić information content (AvgIpc) is 2.56. The van der Waals surface area contributed by atoms with Crippen molar-refractivity contribution >= 4 is 11.9 Å². The molecule has 1 aromatic rings. The second-order valence-corrected chi connectivity index (χ2v) is 7.14. The van der Waals surface area contributed by atoms with E-state index in [1.807, 2.05) is 39.8 Å².